The lowest BCUT2D eigenvalue weighted by atomic mass is 10.2. The minimum absolute atomic E-state index is 0.152. The van der Waals surface area contributed by atoms with Gasteiger partial charge < -0.3 is 15.4 Å². The molecule has 0 atom stereocenters. The highest BCUT2D eigenvalue weighted by atomic mass is 16.5. The molecule has 3 rings (SSSR count). The zero-order valence-electron chi connectivity index (χ0n) is 15.4. The predicted molar refractivity (Wildman–Crippen MR) is 105 cm³/mol. The molecule has 0 saturated carbocycles. The minimum Gasteiger partial charge on any atom is -0.494 e. The number of nitrogens with one attached hydrogen (secondary N) is 2. The minimum atomic E-state index is -0.400. The van der Waals surface area contributed by atoms with Gasteiger partial charge in [0.05, 0.1) is 18.8 Å². The maximum atomic E-state index is 12.4. The first kappa shape index (κ1) is 19.0. The molecule has 142 valence electrons. The molecule has 3 aromatic rings. The number of nitrogens with zero attached hydrogens (tertiary/aromatic N) is 2. The predicted octanol–water partition coefficient (Wildman–Crippen LogP) is 3.06. The Labute approximate surface area is 162 Å². The first-order chi connectivity index (χ1) is 13.7. The van der Waals surface area contributed by atoms with E-state index in [9.17, 15) is 9.59 Å². The largest absolute Gasteiger partial charge is 0.494 e. The Kier molecular flexibility index (Phi) is 6.30. The number of hydrogen-bond acceptors (Lipinski definition) is 5. The smallest absolute Gasteiger partial charge is 0.274 e. The van der Waals surface area contributed by atoms with E-state index in [1.807, 2.05) is 19.1 Å². The lowest BCUT2D eigenvalue weighted by Crippen LogP contribution is -2.25. The highest BCUT2D eigenvalue weighted by molar-refractivity contribution is 6.03. The molecule has 0 spiro atoms. The van der Waals surface area contributed by atoms with Gasteiger partial charge in [-0.1, -0.05) is 12.1 Å². The monoisotopic (exact) mass is 376 g/mol. The molecular weight excluding hydrogens is 356 g/mol. The summed E-state index contributed by atoms with van der Waals surface area (Å²) < 4.78 is 5.37. The van der Waals surface area contributed by atoms with Crippen LogP contribution in [0.1, 0.15) is 33.6 Å². The molecule has 1 aromatic carbocycles. The summed E-state index contributed by atoms with van der Waals surface area (Å²) in [5, 5.41) is 5.49. The van der Waals surface area contributed by atoms with Gasteiger partial charge in [0.25, 0.3) is 11.8 Å². The first-order valence-corrected chi connectivity index (χ1v) is 8.85. The summed E-state index contributed by atoms with van der Waals surface area (Å²) >= 11 is 0. The molecule has 2 aromatic heterocycles. The van der Waals surface area contributed by atoms with E-state index < -0.39 is 5.91 Å². The molecule has 0 fully saturated rings. The Morgan fingerprint density at radius 2 is 1.68 bits per heavy atom. The number of ether oxygens (including phenoxy) is 1. The fourth-order valence-corrected chi connectivity index (χ4v) is 2.45. The van der Waals surface area contributed by atoms with Crippen LogP contribution in [0.15, 0.2) is 66.9 Å². The quantitative estimate of drug-likeness (QED) is 0.661. The van der Waals surface area contributed by atoms with Gasteiger partial charge in [0.2, 0.25) is 0 Å². The Morgan fingerprint density at radius 3 is 2.36 bits per heavy atom. The van der Waals surface area contributed by atoms with Gasteiger partial charge in [-0.2, -0.15) is 0 Å². The molecule has 0 aliphatic heterocycles. The van der Waals surface area contributed by atoms with Gasteiger partial charge in [0, 0.05) is 11.9 Å². The van der Waals surface area contributed by atoms with Gasteiger partial charge in [-0.25, -0.2) is 4.98 Å². The Balaban J connectivity index is 1.63. The summed E-state index contributed by atoms with van der Waals surface area (Å²) in [6.07, 6.45) is 1.66. The summed E-state index contributed by atoms with van der Waals surface area (Å²) in [5.41, 5.74) is 1.66. The number of carbonyl (C=O) groups is 2. The lowest BCUT2D eigenvalue weighted by molar-refractivity contribution is 0.0945. The number of anilines is 1. The maximum absolute atomic E-state index is 12.4. The fourth-order valence-electron chi connectivity index (χ4n) is 2.45. The summed E-state index contributed by atoms with van der Waals surface area (Å²) in [4.78, 5) is 33.0. The Hall–Kier alpha value is -3.74. The average Bonchev–Trinajstić information content (AvgIpc) is 2.74. The van der Waals surface area contributed by atoms with Crippen LogP contribution in [0.3, 0.4) is 0 Å². The van der Waals surface area contributed by atoms with Crippen molar-refractivity contribution in [1.29, 1.82) is 0 Å². The molecule has 7 heteroatoms. The molecular formula is C21H20N4O3. The Bertz CT molecular complexity index is 943. The molecule has 7 nitrogen and oxygen atoms in total. The van der Waals surface area contributed by atoms with Crippen molar-refractivity contribution < 1.29 is 14.3 Å². The second-order valence-electron chi connectivity index (χ2n) is 5.82. The Morgan fingerprint density at radius 1 is 0.929 bits per heavy atom. The van der Waals surface area contributed by atoms with Gasteiger partial charge in [-0.3, -0.25) is 14.6 Å². The first-order valence-electron chi connectivity index (χ1n) is 8.85. The van der Waals surface area contributed by atoms with Crippen LogP contribution in [-0.2, 0) is 6.54 Å². The van der Waals surface area contributed by atoms with Crippen molar-refractivity contribution in [2.75, 3.05) is 11.9 Å². The van der Waals surface area contributed by atoms with Crippen molar-refractivity contribution in [3.8, 4) is 5.75 Å². The topological polar surface area (TPSA) is 93.2 Å². The number of pyridine rings is 2. The molecule has 2 amide bonds. The second-order valence-corrected chi connectivity index (χ2v) is 5.82. The normalized spacial score (nSPS) is 10.2. The van der Waals surface area contributed by atoms with Gasteiger partial charge in [-0.05, 0) is 55.5 Å². The summed E-state index contributed by atoms with van der Waals surface area (Å²) in [7, 11) is 0. The van der Waals surface area contributed by atoms with Gasteiger partial charge in [0.15, 0.2) is 0 Å². The molecule has 28 heavy (non-hydrogen) atoms. The molecule has 2 N–H and O–H groups in total. The maximum Gasteiger partial charge on any atom is 0.274 e. The van der Waals surface area contributed by atoms with E-state index in [-0.39, 0.29) is 23.8 Å². The zero-order valence-corrected chi connectivity index (χ0v) is 15.4. The lowest BCUT2D eigenvalue weighted by Gasteiger charge is -2.08. The van der Waals surface area contributed by atoms with Crippen LogP contribution in [0.2, 0.25) is 0 Å². The number of hydrogen-bond donors (Lipinski definition) is 2. The van der Waals surface area contributed by atoms with Gasteiger partial charge >= 0.3 is 0 Å². The van der Waals surface area contributed by atoms with E-state index in [2.05, 4.69) is 20.6 Å². The number of aromatic nitrogens is 2. The van der Waals surface area contributed by atoms with Crippen molar-refractivity contribution in [2.45, 2.75) is 13.5 Å². The van der Waals surface area contributed by atoms with Crippen molar-refractivity contribution >= 4 is 17.5 Å². The molecule has 2 heterocycles. The van der Waals surface area contributed by atoms with Crippen molar-refractivity contribution in [1.82, 2.24) is 15.3 Å². The number of rotatable bonds is 7. The van der Waals surface area contributed by atoms with Crippen LogP contribution < -0.4 is 15.4 Å². The number of amides is 2. The summed E-state index contributed by atoms with van der Waals surface area (Å²) in [5.74, 6) is -0.0462. The van der Waals surface area contributed by atoms with Crippen LogP contribution in [0.4, 0.5) is 5.69 Å². The molecule has 0 unspecified atom stereocenters. The van der Waals surface area contributed by atoms with Crippen LogP contribution in [-0.4, -0.2) is 28.4 Å². The van der Waals surface area contributed by atoms with Crippen molar-refractivity contribution in [3.05, 3.63) is 83.9 Å². The molecule has 0 aliphatic carbocycles. The van der Waals surface area contributed by atoms with Gasteiger partial charge in [-0.15, -0.1) is 0 Å². The zero-order chi connectivity index (χ0) is 19.8. The molecule has 0 aliphatic rings. The van der Waals surface area contributed by atoms with E-state index in [0.717, 1.165) is 11.4 Å². The SMILES string of the molecule is CCOc1ccc(NC(=O)c2cccc(C(=O)NCc3ccccn3)n2)cc1. The number of benzene rings is 1. The molecule has 0 radical (unpaired) electrons. The molecule has 0 bridgehead atoms. The summed E-state index contributed by atoms with van der Waals surface area (Å²) in [6.45, 7) is 2.76. The van der Waals surface area contributed by atoms with E-state index >= 15 is 0 Å². The fraction of sp³-hybridized carbons (Fsp3) is 0.143. The number of carbonyl (C=O) groups excluding carboxylic acids is 2. The van der Waals surface area contributed by atoms with Crippen LogP contribution >= 0.6 is 0 Å². The third kappa shape index (κ3) is 5.14. The van der Waals surface area contributed by atoms with Crippen molar-refractivity contribution in [2.24, 2.45) is 0 Å². The third-order valence-electron chi connectivity index (χ3n) is 3.79. The van der Waals surface area contributed by atoms with Gasteiger partial charge in [0.1, 0.15) is 17.1 Å². The third-order valence-corrected chi connectivity index (χ3v) is 3.79. The van der Waals surface area contributed by atoms with E-state index in [1.54, 1.807) is 54.7 Å². The van der Waals surface area contributed by atoms with Crippen LogP contribution in [0.25, 0.3) is 0 Å². The molecule has 0 saturated heterocycles. The van der Waals surface area contributed by atoms with E-state index in [4.69, 9.17) is 4.74 Å². The second kappa shape index (κ2) is 9.27. The van der Waals surface area contributed by atoms with Crippen LogP contribution in [0.5, 0.6) is 5.75 Å². The highest BCUT2D eigenvalue weighted by Crippen LogP contribution is 2.16. The van der Waals surface area contributed by atoms with Crippen molar-refractivity contribution in [3.63, 3.8) is 0 Å². The standard InChI is InChI=1S/C21H20N4O3/c1-2-28-17-11-9-15(10-12-17)24-21(27)19-8-5-7-18(25-19)20(26)23-14-16-6-3-4-13-22-16/h3-13H,2,14H2,1H3,(H,23,26)(H,24,27). The summed E-state index contributed by atoms with van der Waals surface area (Å²) in [6, 6.07) is 17.2. The van der Waals surface area contributed by atoms with E-state index in [1.165, 1.54) is 0 Å². The highest BCUT2D eigenvalue weighted by Gasteiger charge is 2.13. The van der Waals surface area contributed by atoms with E-state index in [0.29, 0.717) is 12.3 Å². The van der Waals surface area contributed by atoms with Crippen LogP contribution in [0, 0.1) is 0 Å². The average molecular weight is 376 g/mol.